The molecule has 9 heavy (non-hydrogen) atoms. The summed E-state index contributed by atoms with van der Waals surface area (Å²) >= 11 is 4.08. The molecule has 0 aliphatic rings. The van der Waals surface area contributed by atoms with Crippen LogP contribution in [0.1, 0.15) is 0 Å². The van der Waals surface area contributed by atoms with E-state index >= 15 is 0 Å². The van der Waals surface area contributed by atoms with Crippen LogP contribution in [-0.2, 0) is 0 Å². The summed E-state index contributed by atoms with van der Waals surface area (Å²) in [5.41, 5.74) is 0. The second-order valence-electron chi connectivity index (χ2n) is 1.34. The van der Waals surface area contributed by atoms with Crippen LogP contribution in [0.3, 0.4) is 0 Å². The SMILES string of the molecule is Sc1ccccc1.[F-].[K+]. The van der Waals surface area contributed by atoms with E-state index in [2.05, 4.69) is 12.6 Å². The van der Waals surface area contributed by atoms with E-state index in [1.807, 2.05) is 30.3 Å². The number of hydrogen-bond acceptors (Lipinski definition) is 1. The van der Waals surface area contributed by atoms with Crippen LogP contribution in [0.25, 0.3) is 0 Å². The average molecular weight is 168 g/mol. The van der Waals surface area contributed by atoms with Gasteiger partial charge >= 0.3 is 51.4 Å². The molecule has 0 radical (unpaired) electrons. The second-order valence-corrected chi connectivity index (χ2v) is 1.85. The Balaban J connectivity index is 0. The van der Waals surface area contributed by atoms with E-state index in [1.165, 1.54) is 0 Å². The zero-order valence-electron chi connectivity index (χ0n) is 5.21. The summed E-state index contributed by atoms with van der Waals surface area (Å²) in [4.78, 5) is 1.02. The number of hydrogen-bond donors (Lipinski definition) is 1. The molecule has 0 nitrogen and oxygen atoms in total. The van der Waals surface area contributed by atoms with E-state index in [-0.39, 0.29) is 56.1 Å². The molecule has 0 aliphatic heterocycles. The van der Waals surface area contributed by atoms with E-state index < -0.39 is 0 Å². The molecule has 3 heteroatoms. The van der Waals surface area contributed by atoms with Crippen molar-refractivity contribution >= 4 is 12.6 Å². The van der Waals surface area contributed by atoms with Gasteiger partial charge in [-0.25, -0.2) is 0 Å². The third-order valence-electron chi connectivity index (χ3n) is 0.756. The Morgan fingerprint density at radius 1 is 1.00 bits per heavy atom. The van der Waals surface area contributed by atoms with Gasteiger partial charge in [-0.05, 0) is 12.1 Å². The predicted molar refractivity (Wildman–Crippen MR) is 33.7 cm³/mol. The van der Waals surface area contributed by atoms with Crippen LogP contribution in [0, 0.1) is 0 Å². The fourth-order valence-corrected chi connectivity index (χ4v) is 0.600. The Bertz CT molecular complexity index is 143. The first kappa shape index (κ1) is 12.8. The number of thiol groups is 1. The molecule has 0 atom stereocenters. The topological polar surface area (TPSA) is 0 Å². The second kappa shape index (κ2) is 7.25. The van der Waals surface area contributed by atoms with Gasteiger partial charge in [-0.2, -0.15) is 0 Å². The van der Waals surface area contributed by atoms with E-state index in [0.717, 1.165) is 4.90 Å². The molecule has 0 saturated carbocycles. The molecule has 0 bridgehead atoms. The van der Waals surface area contributed by atoms with Gasteiger partial charge < -0.3 is 4.70 Å². The van der Waals surface area contributed by atoms with Gasteiger partial charge in [-0.1, -0.05) is 18.2 Å². The fourth-order valence-electron chi connectivity index (χ4n) is 0.428. The first-order valence-corrected chi connectivity index (χ1v) is 2.58. The van der Waals surface area contributed by atoms with Gasteiger partial charge in [0.2, 0.25) is 0 Å². The van der Waals surface area contributed by atoms with Crippen LogP contribution in [-0.4, -0.2) is 0 Å². The molecule has 44 valence electrons. The predicted octanol–water partition coefficient (Wildman–Crippen LogP) is -4.02. The molecule has 1 aromatic carbocycles. The molecule has 1 rings (SSSR count). The molecule has 1 aromatic rings. The Kier molecular flexibility index (Phi) is 10.3. The molecular formula is C6H6FKS. The minimum atomic E-state index is 0. The molecule has 0 aromatic heterocycles. The minimum Gasteiger partial charge on any atom is -1.00 e. The van der Waals surface area contributed by atoms with Crippen LogP contribution in [0.4, 0.5) is 0 Å². The van der Waals surface area contributed by atoms with E-state index in [9.17, 15) is 0 Å². The van der Waals surface area contributed by atoms with Crippen molar-refractivity contribution in [2.45, 2.75) is 4.90 Å². The van der Waals surface area contributed by atoms with Gasteiger partial charge in [0.25, 0.3) is 0 Å². The molecular weight excluding hydrogens is 162 g/mol. The van der Waals surface area contributed by atoms with Crippen molar-refractivity contribution in [3.8, 4) is 0 Å². The average Bonchev–Trinajstić information content (AvgIpc) is 1.69. The smallest absolute Gasteiger partial charge is 1.00 e. The molecule has 0 spiro atoms. The summed E-state index contributed by atoms with van der Waals surface area (Å²) in [7, 11) is 0. The number of halogens is 1. The van der Waals surface area contributed by atoms with Crippen molar-refractivity contribution < 1.29 is 56.1 Å². The zero-order valence-corrected chi connectivity index (χ0v) is 9.23. The summed E-state index contributed by atoms with van der Waals surface area (Å²) in [5.74, 6) is 0. The van der Waals surface area contributed by atoms with Crippen LogP contribution < -0.4 is 56.1 Å². The fraction of sp³-hybridized carbons (Fsp3) is 0. The molecule has 0 saturated heterocycles. The largest absolute Gasteiger partial charge is 1.00 e. The third-order valence-corrected chi connectivity index (χ3v) is 1.05. The zero-order chi connectivity index (χ0) is 5.11. The summed E-state index contributed by atoms with van der Waals surface area (Å²) < 4.78 is 0. The van der Waals surface area contributed by atoms with Crippen LogP contribution in [0.2, 0.25) is 0 Å². The summed E-state index contributed by atoms with van der Waals surface area (Å²) in [6.45, 7) is 0. The Morgan fingerprint density at radius 2 is 1.44 bits per heavy atom. The van der Waals surface area contributed by atoms with Gasteiger partial charge in [0.05, 0.1) is 0 Å². The normalized spacial score (nSPS) is 6.78. The van der Waals surface area contributed by atoms with Crippen molar-refractivity contribution in [1.29, 1.82) is 0 Å². The monoisotopic (exact) mass is 168 g/mol. The van der Waals surface area contributed by atoms with Crippen LogP contribution in [0.15, 0.2) is 35.2 Å². The van der Waals surface area contributed by atoms with Gasteiger partial charge in [0.15, 0.2) is 0 Å². The number of benzene rings is 1. The van der Waals surface area contributed by atoms with Crippen molar-refractivity contribution in [3.63, 3.8) is 0 Å². The molecule has 0 heterocycles. The number of rotatable bonds is 0. The molecule has 0 aliphatic carbocycles. The van der Waals surface area contributed by atoms with Crippen molar-refractivity contribution in [2.24, 2.45) is 0 Å². The summed E-state index contributed by atoms with van der Waals surface area (Å²) in [6, 6.07) is 9.79. The maximum Gasteiger partial charge on any atom is 1.00 e. The quantitative estimate of drug-likeness (QED) is 0.296. The van der Waals surface area contributed by atoms with Crippen LogP contribution in [0.5, 0.6) is 0 Å². The Hall–Kier alpha value is 1.14. The molecule has 0 fully saturated rings. The Morgan fingerprint density at radius 3 is 1.67 bits per heavy atom. The summed E-state index contributed by atoms with van der Waals surface area (Å²) in [6.07, 6.45) is 0. The molecule has 0 amide bonds. The third kappa shape index (κ3) is 5.57. The summed E-state index contributed by atoms with van der Waals surface area (Å²) in [5, 5.41) is 0. The molecule has 0 N–H and O–H groups in total. The minimum absolute atomic E-state index is 0. The van der Waals surface area contributed by atoms with E-state index in [0.29, 0.717) is 0 Å². The first-order valence-electron chi connectivity index (χ1n) is 2.13. The van der Waals surface area contributed by atoms with Gasteiger partial charge in [-0.15, -0.1) is 12.6 Å². The van der Waals surface area contributed by atoms with Gasteiger partial charge in [0.1, 0.15) is 0 Å². The maximum atomic E-state index is 4.08. The van der Waals surface area contributed by atoms with E-state index in [4.69, 9.17) is 0 Å². The van der Waals surface area contributed by atoms with Crippen molar-refractivity contribution in [1.82, 2.24) is 0 Å². The maximum absolute atomic E-state index is 4.08. The van der Waals surface area contributed by atoms with Crippen molar-refractivity contribution in [2.75, 3.05) is 0 Å². The van der Waals surface area contributed by atoms with Crippen molar-refractivity contribution in [3.05, 3.63) is 30.3 Å². The van der Waals surface area contributed by atoms with Gasteiger partial charge in [-0.3, -0.25) is 0 Å². The van der Waals surface area contributed by atoms with Crippen LogP contribution >= 0.6 is 12.6 Å². The standard InChI is InChI=1S/C6H6S.FH.K/c7-6-4-2-1-3-5-6;;/h1-5,7H;1H;/q;;+1/p-1. The first-order chi connectivity index (χ1) is 3.39. The molecule has 0 unspecified atom stereocenters. The van der Waals surface area contributed by atoms with Gasteiger partial charge in [0, 0.05) is 4.90 Å². The van der Waals surface area contributed by atoms with E-state index in [1.54, 1.807) is 0 Å². The Labute approximate surface area is 102 Å².